The van der Waals surface area contributed by atoms with Gasteiger partial charge in [0.2, 0.25) is 0 Å². The second-order valence-corrected chi connectivity index (χ2v) is 11.2. The van der Waals surface area contributed by atoms with Crippen LogP contribution in [0.25, 0.3) is 21.7 Å². The summed E-state index contributed by atoms with van der Waals surface area (Å²) in [7, 11) is 2.74. The quantitative estimate of drug-likeness (QED) is 0.141. The number of nitrogens with zero attached hydrogens (tertiary/aromatic N) is 2. The van der Waals surface area contributed by atoms with Gasteiger partial charge in [-0.1, -0.05) is 26.0 Å². The van der Waals surface area contributed by atoms with Crippen molar-refractivity contribution in [2.45, 2.75) is 26.4 Å². The maximum absolute atomic E-state index is 13.7. The zero-order valence-electron chi connectivity index (χ0n) is 22.3. The molecule has 0 unspecified atom stereocenters. The van der Waals surface area contributed by atoms with Crippen LogP contribution in [0.1, 0.15) is 34.6 Å². The van der Waals surface area contributed by atoms with Gasteiger partial charge in [0.25, 0.3) is 0 Å². The predicted octanol–water partition coefficient (Wildman–Crippen LogP) is 7.71. The lowest BCUT2D eigenvalue weighted by Crippen LogP contribution is -2.11. The Morgan fingerprint density at radius 1 is 1.10 bits per heavy atom. The maximum atomic E-state index is 13.7. The fourth-order valence-corrected chi connectivity index (χ4v) is 5.81. The molecule has 3 aromatic heterocycles. The number of carbonyl (C=O) groups excluding carboxylic acids is 1. The van der Waals surface area contributed by atoms with E-state index in [1.165, 1.54) is 49.0 Å². The Morgan fingerprint density at radius 3 is 2.55 bits per heavy atom. The molecular formula is C28H28F3N3O4S2. The van der Waals surface area contributed by atoms with E-state index in [4.69, 9.17) is 19.2 Å². The van der Waals surface area contributed by atoms with Gasteiger partial charge in [-0.15, -0.1) is 22.7 Å². The molecule has 0 amide bonds. The van der Waals surface area contributed by atoms with Crippen molar-refractivity contribution in [1.82, 2.24) is 9.97 Å². The summed E-state index contributed by atoms with van der Waals surface area (Å²) < 4.78 is 56.3. The van der Waals surface area contributed by atoms with Gasteiger partial charge in [-0.05, 0) is 42.0 Å². The Bertz CT molecular complexity index is 1450. The van der Waals surface area contributed by atoms with E-state index in [2.05, 4.69) is 10.3 Å². The van der Waals surface area contributed by atoms with Crippen LogP contribution < -0.4 is 10.1 Å². The summed E-state index contributed by atoms with van der Waals surface area (Å²) in [6.07, 6.45) is -2.28. The fourth-order valence-electron chi connectivity index (χ4n) is 3.91. The predicted molar refractivity (Wildman–Crippen MR) is 151 cm³/mol. The molecule has 0 atom stereocenters. The van der Waals surface area contributed by atoms with Crippen molar-refractivity contribution in [2.75, 3.05) is 32.8 Å². The van der Waals surface area contributed by atoms with E-state index in [0.717, 1.165) is 21.4 Å². The molecule has 0 fully saturated rings. The highest BCUT2D eigenvalue weighted by Gasteiger charge is 2.35. The lowest BCUT2D eigenvalue weighted by Gasteiger charge is -2.15. The molecule has 0 bridgehead atoms. The number of aromatic nitrogens is 2. The largest absolute Gasteiger partial charge is 0.491 e. The van der Waals surface area contributed by atoms with Crippen LogP contribution in [0.2, 0.25) is 0 Å². The van der Waals surface area contributed by atoms with E-state index in [1.807, 2.05) is 31.4 Å². The number of benzene rings is 1. The standard InChI is InChI=1S/C28H28F3N3O4S2/c1-16(2)12-23-24(17-7-8-20(28(29,30)31)21(14-17)38-10-9-36-3)33-27(40-23)34-25-19(26(35)37-4)13-18(15-32-25)22-6-5-11-39-22/h5-8,11,13-16H,9-10,12H2,1-4H3,(H,32,33,34). The van der Waals surface area contributed by atoms with Crippen LogP contribution in [0.4, 0.5) is 24.1 Å². The molecule has 0 radical (unpaired) electrons. The van der Waals surface area contributed by atoms with Gasteiger partial charge in [0, 0.05) is 34.2 Å². The smallest absolute Gasteiger partial charge is 0.419 e. The summed E-state index contributed by atoms with van der Waals surface area (Å²) in [5.74, 6) is -0.334. The fraction of sp³-hybridized carbons (Fsp3) is 0.321. The van der Waals surface area contributed by atoms with Crippen molar-refractivity contribution in [2.24, 2.45) is 5.92 Å². The molecule has 4 rings (SSSR count). The topological polar surface area (TPSA) is 82.6 Å². The summed E-state index contributed by atoms with van der Waals surface area (Å²) in [6, 6.07) is 9.29. The summed E-state index contributed by atoms with van der Waals surface area (Å²) in [6.45, 7) is 4.20. The average molecular weight is 592 g/mol. The number of pyridine rings is 1. The van der Waals surface area contributed by atoms with E-state index in [0.29, 0.717) is 22.8 Å². The first-order valence-corrected chi connectivity index (χ1v) is 14.0. The van der Waals surface area contributed by atoms with E-state index < -0.39 is 17.7 Å². The van der Waals surface area contributed by atoms with E-state index in [-0.39, 0.29) is 36.3 Å². The van der Waals surface area contributed by atoms with Gasteiger partial charge in [0.05, 0.1) is 25.0 Å². The third-order valence-corrected chi connectivity index (χ3v) is 7.63. The number of methoxy groups -OCH3 is 2. The van der Waals surface area contributed by atoms with E-state index in [9.17, 15) is 18.0 Å². The Kier molecular flexibility index (Phi) is 9.44. The number of rotatable bonds is 11. The molecule has 3 heterocycles. The lowest BCUT2D eigenvalue weighted by atomic mass is 10.0. The number of ether oxygens (including phenoxy) is 3. The molecule has 0 aliphatic heterocycles. The first-order chi connectivity index (χ1) is 19.1. The van der Waals surface area contributed by atoms with Gasteiger partial charge in [0.15, 0.2) is 5.13 Å². The molecule has 212 valence electrons. The minimum absolute atomic E-state index is 0.0325. The molecule has 0 aliphatic carbocycles. The van der Waals surface area contributed by atoms with Crippen LogP contribution in [0.5, 0.6) is 5.75 Å². The second kappa shape index (κ2) is 12.8. The molecule has 0 saturated heterocycles. The van der Waals surface area contributed by atoms with Crippen molar-refractivity contribution >= 4 is 39.6 Å². The van der Waals surface area contributed by atoms with Gasteiger partial charge in [-0.3, -0.25) is 0 Å². The van der Waals surface area contributed by atoms with Gasteiger partial charge in [-0.25, -0.2) is 14.8 Å². The summed E-state index contributed by atoms with van der Waals surface area (Å²) in [5, 5.41) is 5.50. The second-order valence-electron chi connectivity index (χ2n) is 9.15. The molecule has 7 nitrogen and oxygen atoms in total. The van der Waals surface area contributed by atoms with Crippen molar-refractivity contribution in [3.05, 3.63) is 64.0 Å². The first kappa shape index (κ1) is 29.5. The number of anilines is 2. The normalized spacial score (nSPS) is 11.6. The molecule has 40 heavy (non-hydrogen) atoms. The van der Waals surface area contributed by atoms with Crippen molar-refractivity contribution in [3.8, 4) is 27.4 Å². The van der Waals surface area contributed by atoms with Crippen LogP contribution in [-0.4, -0.2) is 43.4 Å². The van der Waals surface area contributed by atoms with Crippen LogP contribution in [-0.2, 0) is 22.1 Å². The highest BCUT2D eigenvalue weighted by molar-refractivity contribution is 7.16. The lowest BCUT2D eigenvalue weighted by molar-refractivity contribution is -0.139. The van der Waals surface area contributed by atoms with Crippen LogP contribution >= 0.6 is 22.7 Å². The number of esters is 1. The number of carbonyl (C=O) groups is 1. The maximum Gasteiger partial charge on any atom is 0.419 e. The Labute approximate surface area is 238 Å². The summed E-state index contributed by atoms with van der Waals surface area (Å²) in [4.78, 5) is 23.6. The molecule has 0 saturated carbocycles. The molecule has 4 aromatic rings. The average Bonchev–Trinajstić information content (AvgIpc) is 3.58. The number of halogens is 3. The zero-order valence-corrected chi connectivity index (χ0v) is 23.9. The van der Waals surface area contributed by atoms with Gasteiger partial charge < -0.3 is 19.5 Å². The van der Waals surface area contributed by atoms with E-state index >= 15 is 0 Å². The van der Waals surface area contributed by atoms with Gasteiger partial charge in [-0.2, -0.15) is 13.2 Å². The highest BCUT2D eigenvalue weighted by atomic mass is 32.1. The van der Waals surface area contributed by atoms with Crippen LogP contribution in [0, 0.1) is 5.92 Å². The van der Waals surface area contributed by atoms with Crippen LogP contribution in [0.15, 0.2) is 48.0 Å². The number of alkyl halides is 3. The Morgan fingerprint density at radius 2 is 1.90 bits per heavy atom. The number of hydrogen-bond acceptors (Lipinski definition) is 9. The number of thiophene rings is 1. The third-order valence-electron chi connectivity index (χ3n) is 5.72. The molecule has 0 spiro atoms. The molecule has 0 aliphatic rings. The minimum atomic E-state index is -4.58. The van der Waals surface area contributed by atoms with Gasteiger partial charge in [0.1, 0.15) is 23.7 Å². The third kappa shape index (κ3) is 6.98. The summed E-state index contributed by atoms with van der Waals surface area (Å²) >= 11 is 2.87. The van der Waals surface area contributed by atoms with Crippen LogP contribution in [0.3, 0.4) is 0 Å². The summed E-state index contributed by atoms with van der Waals surface area (Å²) in [5.41, 5.74) is 1.14. The van der Waals surface area contributed by atoms with Crippen molar-refractivity contribution < 1.29 is 32.2 Å². The van der Waals surface area contributed by atoms with E-state index in [1.54, 1.807) is 12.3 Å². The highest BCUT2D eigenvalue weighted by Crippen LogP contribution is 2.41. The number of nitrogens with one attached hydrogen (secondary N) is 1. The van der Waals surface area contributed by atoms with Gasteiger partial charge >= 0.3 is 12.1 Å². The molecule has 12 heteroatoms. The number of thiazole rings is 1. The minimum Gasteiger partial charge on any atom is -0.491 e. The monoisotopic (exact) mass is 591 g/mol. The van der Waals surface area contributed by atoms with Crippen molar-refractivity contribution in [1.29, 1.82) is 0 Å². The Hall–Kier alpha value is -3.48. The molecular weight excluding hydrogens is 563 g/mol. The molecule has 1 aromatic carbocycles. The SMILES string of the molecule is COCCOc1cc(-c2nc(Nc3ncc(-c4cccs4)cc3C(=O)OC)sc2CC(C)C)ccc1C(F)(F)F. The van der Waals surface area contributed by atoms with Crippen molar-refractivity contribution in [3.63, 3.8) is 0 Å². The Balaban J connectivity index is 1.73. The molecule has 1 N–H and O–H groups in total. The number of hydrogen-bond donors (Lipinski definition) is 1. The zero-order chi connectivity index (χ0) is 28.9. The first-order valence-electron chi connectivity index (χ1n) is 12.3.